The minimum Gasteiger partial charge on any atom is -0.384 e. The van der Waals surface area contributed by atoms with Crippen LogP contribution in [0.2, 0.25) is 0 Å². The highest BCUT2D eigenvalue weighted by molar-refractivity contribution is 7.15. The molecule has 0 saturated carbocycles. The standard InChI is InChI=1S/C20H29N5S/c1-14-12-15(13-20(2,3)24-14)22-19-21-10-8-17(23-19)18-7-6-16(26-18)9-11-25(4)5/h6-8,10,15,24H,1,9,11-13H2,2-5H3,(H,21,22,23). The summed E-state index contributed by atoms with van der Waals surface area (Å²) >= 11 is 1.81. The zero-order valence-corrected chi connectivity index (χ0v) is 17.0. The maximum absolute atomic E-state index is 4.75. The van der Waals surface area contributed by atoms with Gasteiger partial charge >= 0.3 is 0 Å². The molecule has 1 atom stereocenters. The highest BCUT2D eigenvalue weighted by atomic mass is 32.1. The monoisotopic (exact) mass is 371 g/mol. The molecule has 1 fully saturated rings. The Balaban J connectivity index is 1.69. The Labute approximate surface area is 160 Å². The van der Waals surface area contributed by atoms with Crippen molar-refractivity contribution in [1.82, 2.24) is 20.2 Å². The van der Waals surface area contributed by atoms with Crippen LogP contribution in [0.25, 0.3) is 10.6 Å². The third-order valence-corrected chi connectivity index (χ3v) is 5.64. The summed E-state index contributed by atoms with van der Waals surface area (Å²) in [6.45, 7) is 9.56. The Morgan fingerprint density at radius 3 is 2.88 bits per heavy atom. The number of nitrogens with one attached hydrogen (secondary N) is 2. The molecule has 0 spiro atoms. The van der Waals surface area contributed by atoms with Crippen LogP contribution in [0.3, 0.4) is 0 Å². The number of aromatic nitrogens is 2. The molecule has 26 heavy (non-hydrogen) atoms. The minimum absolute atomic E-state index is 0.0414. The SMILES string of the molecule is C=C1CC(Nc2nccc(-c3ccc(CCN(C)C)s3)n2)CC(C)(C)N1. The van der Waals surface area contributed by atoms with Crippen molar-refractivity contribution in [3.63, 3.8) is 0 Å². The van der Waals surface area contributed by atoms with Gasteiger partial charge in [-0.05, 0) is 59.0 Å². The molecule has 0 radical (unpaired) electrons. The van der Waals surface area contributed by atoms with Crippen molar-refractivity contribution in [2.75, 3.05) is 26.0 Å². The lowest BCUT2D eigenvalue weighted by Crippen LogP contribution is -2.48. The van der Waals surface area contributed by atoms with Gasteiger partial charge in [0.25, 0.3) is 0 Å². The van der Waals surface area contributed by atoms with E-state index >= 15 is 0 Å². The van der Waals surface area contributed by atoms with E-state index in [0.29, 0.717) is 12.0 Å². The number of hydrogen-bond acceptors (Lipinski definition) is 6. The predicted molar refractivity (Wildman–Crippen MR) is 111 cm³/mol. The van der Waals surface area contributed by atoms with Gasteiger partial charge in [0, 0.05) is 41.3 Å². The van der Waals surface area contributed by atoms with Gasteiger partial charge in [0.15, 0.2) is 0 Å². The fraction of sp³-hybridized carbons (Fsp3) is 0.500. The summed E-state index contributed by atoms with van der Waals surface area (Å²) in [5, 5.41) is 6.95. The molecule has 140 valence electrons. The largest absolute Gasteiger partial charge is 0.384 e. The van der Waals surface area contributed by atoms with E-state index in [1.165, 1.54) is 9.75 Å². The summed E-state index contributed by atoms with van der Waals surface area (Å²) in [6, 6.07) is 6.65. The smallest absolute Gasteiger partial charge is 0.223 e. The van der Waals surface area contributed by atoms with Crippen LogP contribution in [0, 0.1) is 0 Å². The fourth-order valence-corrected chi connectivity index (χ4v) is 4.37. The second kappa shape index (κ2) is 7.76. The van der Waals surface area contributed by atoms with Crippen molar-refractivity contribution in [3.05, 3.63) is 41.5 Å². The summed E-state index contributed by atoms with van der Waals surface area (Å²) in [4.78, 5) is 14.0. The summed E-state index contributed by atoms with van der Waals surface area (Å²) < 4.78 is 0. The van der Waals surface area contributed by atoms with Crippen LogP contribution in [0.15, 0.2) is 36.7 Å². The van der Waals surface area contributed by atoms with Gasteiger partial charge in [0.05, 0.1) is 10.6 Å². The van der Waals surface area contributed by atoms with Gasteiger partial charge in [-0.25, -0.2) is 9.97 Å². The lowest BCUT2D eigenvalue weighted by atomic mass is 9.88. The number of thiophene rings is 1. The molecule has 1 aliphatic heterocycles. The van der Waals surface area contributed by atoms with E-state index in [1.54, 1.807) is 0 Å². The first-order chi connectivity index (χ1) is 12.3. The number of nitrogens with zero attached hydrogens (tertiary/aromatic N) is 3. The zero-order valence-electron chi connectivity index (χ0n) is 16.2. The molecular formula is C20H29N5S. The van der Waals surface area contributed by atoms with Gasteiger partial charge in [-0.1, -0.05) is 6.58 Å². The van der Waals surface area contributed by atoms with E-state index in [2.05, 4.69) is 67.2 Å². The summed E-state index contributed by atoms with van der Waals surface area (Å²) in [5.74, 6) is 0.696. The number of hydrogen-bond donors (Lipinski definition) is 2. The number of likely N-dealkylation sites (N-methyl/N-ethyl adjacent to an activating group) is 1. The first-order valence-corrected chi connectivity index (χ1v) is 9.92. The Morgan fingerprint density at radius 1 is 1.35 bits per heavy atom. The molecule has 6 heteroatoms. The molecule has 3 rings (SSSR count). The van der Waals surface area contributed by atoms with Crippen LogP contribution in [0.1, 0.15) is 31.6 Å². The van der Waals surface area contributed by atoms with E-state index in [4.69, 9.17) is 4.98 Å². The van der Waals surface area contributed by atoms with Gasteiger partial charge in [0.2, 0.25) is 5.95 Å². The maximum atomic E-state index is 4.75. The first kappa shape index (κ1) is 18.9. The van der Waals surface area contributed by atoms with Crippen LogP contribution in [-0.2, 0) is 6.42 Å². The van der Waals surface area contributed by atoms with Crippen molar-refractivity contribution < 1.29 is 0 Å². The van der Waals surface area contributed by atoms with Gasteiger partial charge < -0.3 is 15.5 Å². The van der Waals surface area contributed by atoms with Gasteiger partial charge in [-0.15, -0.1) is 11.3 Å². The third kappa shape index (κ3) is 5.05. The van der Waals surface area contributed by atoms with Crippen molar-refractivity contribution in [3.8, 4) is 10.6 Å². The Bertz CT molecular complexity index is 765. The van der Waals surface area contributed by atoms with E-state index in [9.17, 15) is 0 Å². The van der Waals surface area contributed by atoms with Crippen LogP contribution >= 0.6 is 11.3 Å². The second-order valence-corrected chi connectivity index (χ2v) is 9.11. The highest BCUT2D eigenvalue weighted by Crippen LogP contribution is 2.29. The molecule has 2 aromatic heterocycles. The molecular weight excluding hydrogens is 342 g/mol. The molecule has 0 aliphatic carbocycles. The number of anilines is 1. The van der Waals surface area contributed by atoms with Crippen LogP contribution in [-0.4, -0.2) is 47.1 Å². The molecule has 1 unspecified atom stereocenters. The average molecular weight is 372 g/mol. The van der Waals surface area contributed by atoms with Gasteiger partial charge in [0.1, 0.15) is 0 Å². The second-order valence-electron chi connectivity index (χ2n) is 7.95. The molecule has 3 heterocycles. The minimum atomic E-state index is 0.0414. The molecule has 2 aromatic rings. The lowest BCUT2D eigenvalue weighted by Gasteiger charge is -2.38. The van der Waals surface area contributed by atoms with Gasteiger partial charge in [-0.2, -0.15) is 0 Å². The van der Waals surface area contributed by atoms with Gasteiger partial charge in [-0.3, -0.25) is 0 Å². The summed E-state index contributed by atoms with van der Waals surface area (Å²) in [7, 11) is 4.21. The average Bonchev–Trinajstić information content (AvgIpc) is 3.00. The van der Waals surface area contributed by atoms with E-state index < -0.39 is 0 Å². The Morgan fingerprint density at radius 2 is 2.15 bits per heavy atom. The highest BCUT2D eigenvalue weighted by Gasteiger charge is 2.29. The Hall–Kier alpha value is -1.92. The number of rotatable bonds is 6. The molecule has 0 bridgehead atoms. The molecule has 0 amide bonds. The first-order valence-electron chi connectivity index (χ1n) is 9.10. The van der Waals surface area contributed by atoms with E-state index in [0.717, 1.165) is 37.2 Å². The van der Waals surface area contributed by atoms with E-state index in [1.807, 2.05) is 23.6 Å². The van der Waals surface area contributed by atoms with Crippen molar-refractivity contribution in [2.45, 2.75) is 44.7 Å². The van der Waals surface area contributed by atoms with Crippen LogP contribution in [0.4, 0.5) is 5.95 Å². The van der Waals surface area contributed by atoms with Crippen LogP contribution < -0.4 is 10.6 Å². The van der Waals surface area contributed by atoms with Crippen molar-refractivity contribution in [1.29, 1.82) is 0 Å². The molecule has 0 aromatic carbocycles. The third-order valence-electron chi connectivity index (χ3n) is 4.47. The summed E-state index contributed by atoms with van der Waals surface area (Å²) in [6.07, 6.45) is 4.81. The molecule has 5 nitrogen and oxygen atoms in total. The number of piperidine rings is 1. The molecule has 1 aliphatic rings. The van der Waals surface area contributed by atoms with Crippen LogP contribution in [0.5, 0.6) is 0 Å². The summed E-state index contributed by atoms with van der Waals surface area (Å²) in [5.41, 5.74) is 2.09. The van der Waals surface area contributed by atoms with Crippen molar-refractivity contribution >= 4 is 17.3 Å². The van der Waals surface area contributed by atoms with Crippen molar-refractivity contribution in [2.24, 2.45) is 0 Å². The fourth-order valence-electron chi connectivity index (χ4n) is 3.40. The maximum Gasteiger partial charge on any atom is 0.223 e. The normalized spacial score (nSPS) is 19.4. The predicted octanol–water partition coefficient (Wildman–Crippen LogP) is 3.77. The lowest BCUT2D eigenvalue weighted by molar-refractivity contribution is 0.324. The zero-order chi connectivity index (χ0) is 18.7. The molecule has 2 N–H and O–H groups in total. The topological polar surface area (TPSA) is 53.1 Å². The quantitative estimate of drug-likeness (QED) is 0.810. The van der Waals surface area contributed by atoms with E-state index in [-0.39, 0.29) is 5.54 Å². The Kier molecular flexibility index (Phi) is 5.63. The molecule has 1 saturated heterocycles.